The Hall–Kier alpha value is -3.74. The molecule has 0 aliphatic carbocycles. The van der Waals surface area contributed by atoms with Crippen molar-refractivity contribution in [1.29, 1.82) is 0 Å². The van der Waals surface area contributed by atoms with E-state index in [-0.39, 0.29) is 0 Å². The molecule has 4 rings (SSSR count). The number of ether oxygens (including phenoxy) is 1. The van der Waals surface area contributed by atoms with Crippen molar-refractivity contribution >= 4 is 5.82 Å². The van der Waals surface area contributed by atoms with Gasteiger partial charge in [-0.1, -0.05) is 41.6 Å². The molecule has 3 aromatic heterocycles. The molecule has 0 radical (unpaired) electrons. The molecule has 1 N–H and O–H groups in total. The first-order chi connectivity index (χ1) is 13.8. The van der Waals surface area contributed by atoms with Crippen LogP contribution in [0.2, 0.25) is 0 Å². The van der Waals surface area contributed by atoms with Gasteiger partial charge in [0.25, 0.3) is 5.89 Å². The summed E-state index contributed by atoms with van der Waals surface area (Å²) in [6.45, 7) is 2.73. The standard InChI is InChI=1S/C21H19N5O2/c1-15-25-21(28-26-15)18-10-6-11-22-19(18)24-13-17-9-5-12-23-20(17)27-14-16-7-3-2-4-8-16/h2-12H,13-14H2,1H3,(H,22,24). The van der Waals surface area contributed by atoms with Gasteiger partial charge >= 0.3 is 0 Å². The second-order valence-corrected chi connectivity index (χ2v) is 6.14. The number of hydrogen-bond acceptors (Lipinski definition) is 7. The van der Waals surface area contributed by atoms with Gasteiger partial charge in [-0.2, -0.15) is 4.98 Å². The Morgan fingerprint density at radius 2 is 1.79 bits per heavy atom. The maximum atomic E-state index is 5.92. The predicted molar refractivity (Wildman–Crippen MR) is 105 cm³/mol. The van der Waals surface area contributed by atoms with Crippen molar-refractivity contribution in [3.63, 3.8) is 0 Å². The quantitative estimate of drug-likeness (QED) is 0.523. The van der Waals surface area contributed by atoms with Gasteiger partial charge in [0, 0.05) is 24.5 Å². The van der Waals surface area contributed by atoms with Gasteiger partial charge in [0.05, 0.1) is 5.56 Å². The number of aryl methyl sites for hydroxylation is 1. The molecule has 7 heteroatoms. The fourth-order valence-electron chi connectivity index (χ4n) is 2.72. The molecule has 4 aromatic rings. The van der Waals surface area contributed by atoms with E-state index in [1.807, 2.05) is 54.6 Å². The third kappa shape index (κ3) is 4.15. The average Bonchev–Trinajstić information content (AvgIpc) is 3.18. The van der Waals surface area contributed by atoms with Crippen LogP contribution in [-0.2, 0) is 13.2 Å². The van der Waals surface area contributed by atoms with Gasteiger partial charge in [0.2, 0.25) is 5.88 Å². The number of benzene rings is 1. The molecule has 0 fully saturated rings. The molecule has 0 amide bonds. The molecule has 0 atom stereocenters. The van der Waals surface area contributed by atoms with E-state index in [1.165, 1.54) is 0 Å². The Labute approximate surface area is 162 Å². The van der Waals surface area contributed by atoms with Crippen molar-refractivity contribution in [2.75, 3.05) is 5.32 Å². The maximum Gasteiger partial charge on any atom is 0.261 e. The number of nitrogens with one attached hydrogen (secondary N) is 1. The maximum absolute atomic E-state index is 5.92. The zero-order valence-corrected chi connectivity index (χ0v) is 15.4. The number of rotatable bonds is 7. The number of aromatic nitrogens is 4. The third-order valence-corrected chi connectivity index (χ3v) is 4.08. The topological polar surface area (TPSA) is 86.0 Å². The second kappa shape index (κ2) is 8.30. The van der Waals surface area contributed by atoms with Crippen LogP contribution in [0.3, 0.4) is 0 Å². The molecule has 0 saturated carbocycles. The summed E-state index contributed by atoms with van der Waals surface area (Å²) in [4.78, 5) is 13.1. The smallest absolute Gasteiger partial charge is 0.261 e. The number of anilines is 1. The first-order valence-corrected chi connectivity index (χ1v) is 8.90. The summed E-state index contributed by atoms with van der Waals surface area (Å²) in [5.41, 5.74) is 2.77. The molecular weight excluding hydrogens is 354 g/mol. The molecule has 3 heterocycles. The zero-order chi connectivity index (χ0) is 19.2. The van der Waals surface area contributed by atoms with Crippen LogP contribution in [0.15, 0.2) is 71.5 Å². The summed E-state index contributed by atoms with van der Waals surface area (Å²) < 4.78 is 11.2. The lowest BCUT2D eigenvalue weighted by Crippen LogP contribution is -2.06. The number of nitrogens with zero attached hydrogens (tertiary/aromatic N) is 4. The minimum Gasteiger partial charge on any atom is -0.473 e. The van der Waals surface area contributed by atoms with E-state index in [9.17, 15) is 0 Å². The van der Waals surface area contributed by atoms with Crippen molar-refractivity contribution in [3.05, 3.63) is 83.9 Å². The van der Waals surface area contributed by atoms with E-state index in [4.69, 9.17) is 9.26 Å². The molecule has 0 aliphatic heterocycles. The van der Waals surface area contributed by atoms with Gasteiger partial charge in [-0.3, -0.25) is 0 Å². The van der Waals surface area contributed by atoms with E-state index >= 15 is 0 Å². The van der Waals surface area contributed by atoms with E-state index in [0.29, 0.717) is 36.6 Å². The fourth-order valence-corrected chi connectivity index (χ4v) is 2.72. The number of hydrogen-bond donors (Lipinski definition) is 1. The van der Waals surface area contributed by atoms with Crippen LogP contribution in [0.4, 0.5) is 5.82 Å². The van der Waals surface area contributed by atoms with E-state index in [2.05, 4.69) is 25.4 Å². The summed E-state index contributed by atoms with van der Waals surface area (Å²) in [5, 5.41) is 7.16. The molecule has 0 bridgehead atoms. The molecule has 0 unspecified atom stereocenters. The van der Waals surface area contributed by atoms with Gasteiger partial charge in [-0.15, -0.1) is 0 Å². The second-order valence-electron chi connectivity index (χ2n) is 6.14. The lowest BCUT2D eigenvalue weighted by molar-refractivity contribution is 0.291. The largest absolute Gasteiger partial charge is 0.473 e. The Morgan fingerprint density at radius 1 is 0.964 bits per heavy atom. The fraction of sp³-hybridized carbons (Fsp3) is 0.143. The monoisotopic (exact) mass is 373 g/mol. The highest BCUT2D eigenvalue weighted by atomic mass is 16.5. The molecule has 1 aromatic carbocycles. The predicted octanol–water partition coefficient (Wildman–Crippen LogP) is 4.03. The van der Waals surface area contributed by atoms with Gasteiger partial charge in [-0.05, 0) is 30.7 Å². The highest BCUT2D eigenvalue weighted by Gasteiger charge is 2.13. The van der Waals surface area contributed by atoms with Gasteiger partial charge in [0.1, 0.15) is 12.4 Å². The first kappa shape index (κ1) is 17.7. The van der Waals surface area contributed by atoms with Crippen LogP contribution in [0.25, 0.3) is 11.5 Å². The van der Waals surface area contributed by atoms with Crippen molar-refractivity contribution in [2.24, 2.45) is 0 Å². The Kier molecular flexibility index (Phi) is 5.24. The zero-order valence-electron chi connectivity index (χ0n) is 15.4. The first-order valence-electron chi connectivity index (χ1n) is 8.90. The molecular formula is C21H19N5O2. The van der Waals surface area contributed by atoms with Crippen LogP contribution in [0.5, 0.6) is 5.88 Å². The van der Waals surface area contributed by atoms with Gasteiger partial charge in [-0.25, -0.2) is 9.97 Å². The summed E-state index contributed by atoms with van der Waals surface area (Å²) >= 11 is 0. The third-order valence-electron chi connectivity index (χ3n) is 4.08. The van der Waals surface area contributed by atoms with E-state index in [1.54, 1.807) is 19.3 Å². The average molecular weight is 373 g/mol. The van der Waals surface area contributed by atoms with Crippen molar-refractivity contribution < 1.29 is 9.26 Å². The van der Waals surface area contributed by atoms with Gasteiger partial charge in [0.15, 0.2) is 5.82 Å². The van der Waals surface area contributed by atoms with Crippen LogP contribution in [0, 0.1) is 6.92 Å². The lowest BCUT2D eigenvalue weighted by atomic mass is 10.2. The van der Waals surface area contributed by atoms with Crippen molar-refractivity contribution in [3.8, 4) is 17.3 Å². The summed E-state index contributed by atoms with van der Waals surface area (Å²) in [7, 11) is 0. The summed E-state index contributed by atoms with van der Waals surface area (Å²) in [6, 6.07) is 17.6. The lowest BCUT2D eigenvalue weighted by Gasteiger charge is -2.12. The Balaban J connectivity index is 1.49. The molecule has 140 valence electrons. The SMILES string of the molecule is Cc1noc(-c2cccnc2NCc2cccnc2OCc2ccccc2)n1. The highest BCUT2D eigenvalue weighted by Crippen LogP contribution is 2.25. The van der Waals surface area contributed by atoms with Crippen molar-refractivity contribution in [1.82, 2.24) is 20.1 Å². The minimum absolute atomic E-state index is 0.430. The van der Waals surface area contributed by atoms with Crippen molar-refractivity contribution in [2.45, 2.75) is 20.1 Å². The highest BCUT2D eigenvalue weighted by molar-refractivity contribution is 5.68. The Bertz CT molecular complexity index is 1050. The van der Waals surface area contributed by atoms with Crippen LogP contribution in [0.1, 0.15) is 17.0 Å². The molecule has 7 nitrogen and oxygen atoms in total. The molecule has 0 saturated heterocycles. The van der Waals surface area contributed by atoms with E-state index < -0.39 is 0 Å². The Morgan fingerprint density at radius 3 is 2.61 bits per heavy atom. The van der Waals surface area contributed by atoms with Crippen LogP contribution < -0.4 is 10.1 Å². The summed E-state index contributed by atoms with van der Waals surface area (Å²) in [6.07, 6.45) is 3.43. The summed E-state index contributed by atoms with van der Waals surface area (Å²) in [5.74, 6) is 2.25. The molecule has 0 aliphatic rings. The van der Waals surface area contributed by atoms with Gasteiger partial charge < -0.3 is 14.6 Å². The van der Waals surface area contributed by atoms with Crippen LogP contribution >= 0.6 is 0 Å². The minimum atomic E-state index is 0.430. The van der Waals surface area contributed by atoms with E-state index in [0.717, 1.165) is 16.7 Å². The normalized spacial score (nSPS) is 10.6. The number of pyridine rings is 2. The molecule has 28 heavy (non-hydrogen) atoms. The van der Waals surface area contributed by atoms with Crippen LogP contribution in [-0.4, -0.2) is 20.1 Å². The molecule has 0 spiro atoms.